The molecule has 1 aromatic rings. The molecule has 1 aliphatic rings. The third kappa shape index (κ3) is 3.48. The molecular weight excluding hydrogens is 232 g/mol. The molecule has 1 saturated heterocycles. The van der Waals surface area contributed by atoms with E-state index < -0.39 is 0 Å². The molecule has 0 radical (unpaired) electrons. The Morgan fingerprint density at radius 3 is 3.12 bits per heavy atom. The van der Waals surface area contributed by atoms with Gasteiger partial charge in [-0.1, -0.05) is 0 Å². The summed E-state index contributed by atoms with van der Waals surface area (Å²) in [5.41, 5.74) is 6.74. The predicted octanol–water partition coefficient (Wildman–Crippen LogP) is 1.13. The summed E-state index contributed by atoms with van der Waals surface area (Å²) in [5.74, 6) is 0. The van der Waals surface area contributed by atoms with E-state index in [0.717, 1.165) is 17.2 Å². The lowest BCUT2D eigenvalue weighted by Gasteiger charge is -2.35. The van der Waals surface area contributed by atoms with Crippen molar-refractivity contribution in [1.29, 1.82) is 0 Å². The summed E-state index contributed by atoms with van der Waals surface area (Å²) in [7, 11) is 4.40. The minimum Gasteiger partial charge on any atom is -0.325 e. The van der Waals surface area contributed by atoms with Gasteiger partial charge in [-0.3, -0.25) is 4.90 Å². The first-order valence-electron chi connectivity index (χ1n) is 6.21. The number of hydrogen-bond acceptors (Lipinski definition) is 5. The molecule has 0 amide bonds. The first-order valence-corrected chi connectivity index (χ1v) is 7.09. The van der Waals surface area contributed by atoms with Crippen molar-refractivity contribution in [1.82, 2.24) is 14.8 Å². The topological polar surface area (TPSA) is 45.4 Å². The van der Waals surface area contributed by atoms with E-state index >= 15 is 0 Å². The maximum Gasteiger partial charge on any atom is 0.106 e. The lowest BCUT2D eigenvalue weighted by molar-refractivity contribution is 0.128. The van der Waals surface area contributed by atoms with Gasteiger partial charge in [-0.25, -0.2) is 4.98 Å². The first kappa shape index (κ1) is 13.0. The quantitative estimate of drug-likeness (QED) is 0.875. The summed E-state index contributed by atoms with van der Waals surface area (Å²) < 4.78 is 0. The molecule has 0 spiro atoms. The molecule has 0 aromatic carbocycles. The molecule has 0 aliphatic carbocycles. The molecule has 0 bridgehead atoms. The zero-order valence-electron chi connectivity index (χ0n) is 10.7. The molecule has 5 heteroatoms. The van der Waals surface area contributed by atoms with Crippen LogP contribution in [0.5, 0.6) is 0 Å². The Balaban J connectivity index is 1.89. The first-order chi connectivity index (χ1) is 8.19. The van der Waals surface area contributed by atoms with E-state index in [1.165, 1.54) is 25.9 Å². The summed E-state index contributed by atoms with van der Waals surface area (Å²) in [6.45, 7) is 3.90. The van der Waals surface area contributed by atoms with Crippen molar-refractivity contribution in [2.45, 2.75) is 32.0 Å². The Morgan fingerprint density at radius 1 is 1.65 bits per heavy atom. The maximum absolute atomic E-state index is 5.58. The number of nitrogens with zero attached hydrogens (tertiary/aromatic N) is 3. The van der Waals surface area contributed by atoms with Crippen LogP contribution in [0.25, 0.3) is 0 Å². The van der Waals surface area contributed by atoms with Crippen LogP contribution in [0, 0.1) is 0 Å². The summed E-state index contributed by atoms with van der Waals surface area (Å²) >= 11 is 1.67. The monoisotopic (exact) mass is 254 g/mol. The molecule has 2 rings (SSSR count). The standard InChI is InChI=1S/C12H22N4S/c1-15-5-3-4-11(8-15)16(2)7-10-9-17-12(6-13)14-10/h9,11H,3-8,13H2,1-2H3. The third-order valence-corrected chi connectivity index (χ3v) is 4.33. The molecule has 1 unspecified atom stereocenters. The van der Waals surface area contributed by atoms with Gasteiger partial charge in [0.2, 0.25) is 0 Å². The zero-order valence-corrected chi connectivity index (χ0v) is 11.5. The zero-order chi connectivity index (χ0) is 12.3. The smallest absolute Gasteiger partial charge is 0.106 e. The SMILES string of the molecule is CN1CCCC(N(C)Cc2csc(CN)n2)C1. The molecule has 1 fully saturated rings. The van der Waals surface area contributed by atoms with Crippen molar-refractivity contribution in [3.8, 4) is 0 Å². The van der Waals surface area contributed by atoms with Gasteiger partial charge in [0.15, 0.2) is 0 Å². The number of likely N-dealkylation sites (tertiary alicyclic amines) is 1. The summed E-state index contributed by atoms with van der Waals surface area (Å²) in [5, 5.41) is 3.17. The summed E-state index contributed by atoms with van der Waals surface area (Å²) in [6, 6.07) is 0.664. The lowest BCUT2D eigenvalue weighted by atomic mass is 10.1. The highest BCUT2D eigenvalue weighted by Gasteiger charge is 2.21. The number of piperidine rings is 1. The second-order valence-corrected chi connectivity index (χ2v) is 5.85. The highest BCUT2D eigenvalue weighted by molar-refractivity contribution is 7.09. The number of rotatable bonds is 4. The van der Waals surface area contributed by atoms with Gasteiger partial charge in [-0.15, -0.1) is 11.3 Å². The van der Waals surface area contributed by atoms with E-state index in [-0.39, 0.29) is 0 Å². The van der Waals surface area contributed by atoms with Crippen LogP contribution in [0.2, 0.25) is 0 Å². The number of thiazole rings is 1. The van der Waals surface area contributed by atoms with E-state index in [1.54, 1.807) is 11.3 Å². The fourth-order valence-corrected chi connectivity index (χ4v) is 3.06. The largest absolute Gasteiger partial charge is 0.325 e. The van der Waals surface area contributed by atoms with Crippen LogP contribution >= 0.6 is 11.3 Å². The van der Waals surface area contributed by atoms with Crippen LogP contribution in [0.15, 0.2) is 5.38 Å². The van der Waals surface area contributed by atoms with Crippen LogP contribution in [0.3, 0.4) is 0 Å². The van der Waals surface area contributed by atoms with E-state index in [0.29, 0.717) is 12.6 Å². The normalized spacial score (nSPS) is 22.2. The Kier molecular flexibility index (Phi) is 4.50. The van der Waals surface area contributed by atoms with E-state index in [9.17, 15) is 0 Å². The Labute approximate surface area is 107 Å². The molecule has 2 heterocycles. The van der Waals surface area contributed by atoms with Gasteiger partial charge >= 0.3 is 0 Å². The average molecular weight is 254 g/mol. The Bertz CT molecular complexity index is 352. The summed E-state index contributed by atoms with van der Waals surface area (Å²) in [4.78, 5) is 9.36. The Hall–Kier alpha value is -0.490. The fourth-order valence-electron chi connectivity index (χ4n) is 2.40. The van der Waals surface area contributed by atoms with Gasteiger partial charge in [0, 0.05) is 31.1 Å². The molecule has 2 N–H and O–H groups in total. The fraction of sp³-hybridized carbons (Fsp3) is 0.750. The average Bonchev–Trinajstić information content (AvgIpc) is 2.77. The molecule has 0 saturated carbocycles. The highest BCUT2D eigenvalue weighted by Crippen LogP contribution is 2.17. The van der Waals surface area contributed by atoms with E-state index in [2.05, 4.69) is 34.3 Å². The molecule has 1 aromatic heterocycles. The van der Waals surface area contributed by atoms with Crippen LogP contribution in [0.4, 0.5) is 0 Å². The molecule has 1 aliphatic heterocycles. The Morgan fingerprint density at radius 2 is 2.47 bits per heavy atom. The highest BCUT2D eigenvalue weighted by atomic mass is 32.1. The summed E-state index contributed by atoms with van der Waals surface area (Å²) in [6.07, 6.45) is 2.60. The minimum absolute atomic E-state index is 0.556. The van der Waals surface area contributed by atoms with Crippen LogP contribution in [0.1, 0.15) is 23.5 Å². The van der Waals surface area contributed by atoms with Crippen molar-refractivity contribution in [3.63, 3.8) is 0 Å². The van der Waals surface area contributed by atoms with Gasteiger partial charge < -0.3 is 10.6 Å². The second-order valence-electron chi connectivity index (χ2n) is 4.91. The van der Waals surface area contributed by atoms with Crippen LogP contribution in [-0.2, 0) is 13.1 Å². The van der Waals surface area contributed by atoms with Gasteiger partial charge in [0.1, 0.15) is 5.01 Å². The van der Waals surface area contributed by atoms with Crippen LogP contribution in [-0.4, -0.2) is 48.0 Å². The molecule has 96 valence electrons. The lowest BCUT2D eigenvalue weighted by Crippen LogP contribution is -2.44. The van der Waals surface area contributed by atoms with E-state index in [1.807, 2.05) is 0 Å². The number of nitrogens with two attached hydrogens (primary N) is 1. The molecule has 17 heavy (non-hydrogen) atoms. The third-order valence-electron chi connectivity index (χ3n) is 3.41. The van der Waals surface area contributed by atoms with Crippen molar-refractivity contribution in [2.75, 3.05) is 27.2 Å². The van der Waals surface area contributed by atoms with Crippen molar-refractivity contribution in [3.05, 3.63) is 16.1 Å². The molecular formula is C12H22N4S. The molecule has 1 atom stereocenters. The van der Waals surface area contributed by atoms with Crippen molar-refractivity contribution in [2.24, 2.45) is 5.73 Å². The van der Waals surface area contributed by atoms with Gasteiger partial charge in [0.25, 0.3) is 0 Å². The minimum atomic E-state index is 0.556. The predicted molar refractivity (Wildman–Crippen MR) is 72.0 cm³/mol. The van der Waals surface area contributed by atoms with Crippen molar-refractivity contribution >= 4 is 11.3 Å². The number of aromatic nitrogens is 1. The number of likely N-dealkylation sites (N-methyl/N-ethyl adjacent to an activating group) is 2. The molecule has 4 nitrogen and oxygen atoms in total. The maximum atomic E-state index is 5.58. The van der Waals surface area contributed by atoms with Crippen molar-refractivity contribution < 1.29 is 0 Å². The second kappa shape index (κ2) is 5.91. The van der Waals surface area contributed by atoms with Gasteiger partial charge in [-0.05, 0) is 33.5 Å². The number of hydrogen-bond donors (Lipinski definition) is 1. The van der Waals surface area contributed by atoms with Gasteiger partial charge in [0.05, 0.1) is 5.69 Å². The van der Waals surface area contributed by atoms with Gasteiger partial charge in [-0.2, -0.15) is 0 Å². The van der Waals surface area contributed by atoms with E-state index in [4.69, 9.17) is 5.73 Å². The van der Waals surface area contributed by atoms with Crippen LogP contribution < -0.4 is 5.73 Å².